The Morgan fingerprint density at radius 3 is 2.46 bits per heavy atom. The topological polar surface area (TPSA) is 85.0 Å². The summed E-state index contributed by atoms with van der Waals surface area (Å²) in [6.07, 6.45) is 3.73. The van der Waals surface area contributed by atoms with Crippen LogP contribution in [0.25, 0.3) is 0 Å². The molecule has 1 aromatic carbocycles. The van der Waals surface area contributed by atoms with Gasteiger partial charge in [0.25, 0.3) is 0 Å². The van der Waals surface area contributed by atoms with Crippen LogP contribution in [0.5, 0.6) is 0 Å². The average molecular weight is 357 g/mol. The van der Waals surface area contributed by atoms with Gasteiger partial charge in [0.2, 0.25) is 5.91 Å². The Labute approximate surface area is 152 Å². The zero-order chi connectivity index (χ0) is 18.1. The van der Waals surface area contributed by atoms with Gasteiger partial charge in [0.05, 0.1) is 0 Å². The molecular weight excluding hydrogens is 334 g/mol. The first-order chi connectivity index (χ1) is 12.6. The third-order valence-corrected chi connectivity index (χ3v) is 5.24. The number of hydrogen-bond donors (Lipinski definition) is 2. The summed E-state index contributed by atoms with van der Waals surface area (Å²) >= 11 is 0. The van der Waals surface area contributed by atoms with Crippen LogP contribution in [0.15, 0.2) is 30.3 Å². The van der Waals surface area contributed by atoms with Crippen molar-refractivity contribution in [3.63, 3.8) is 0 Å². The van der Waals surface area contributed by atoms with E-state index in [1.54, 1.807) is 0 Å². The predicted octanol–water partition coefficient (Wildman–Crippen LogP) is 0.0244. The number of benzene rings is 1. The van der Waals surface area contributed by atoms with Crippen molar-refractivity contribution in [3.05, 3.63) is 30.3 Å². The highest BCUT2D eigenvalue weighted by Crippen LogP contribution is 2.24. The van der Waals surface area contributed by atoms with Gasteiger partial charge in [-0.25, -0.2) is 0 Å². The molecule has 1 atom stereocenters. The minimum Gasteiger partial charge on any atom is -0.352 e. The van der Waals surface area contributed by atoms with Gasteiger partial charge in [0, 0.05) is 24.8 Å². The molecule has 2 saturated heterocycles. The van der Waals surface area contributed by atoms with E-state index in [4.69, 9.17) is 0 Å². The van der Waals surface area contributed by atoms with E-state index >= 15 is 0 Å². The lowest BCUT2D eigenvalue weighted by atomic mass is 10.2. The Balaban J connectivity index is 1.45. The van der Waals surface area contributed by atoms with E-state index in [-0.39, 0.29) is 18.5 Å². The Morgan fingerprint density at radius 2 is 1.73 bits per heavy atom. The first kappa shape index (κ1) is 16.8. The van der Waals surface area contributed by atoms with Crippen molar-refractivity contribution in [2.24, 2.45) is 0 Å². The Morgan fingerprint density at radius 1 is 1.04 bits per heavy atom. The minimum atomic E-state index is -0.683. The van der Waals surface area contributed by atoms with Crippen LogP contribution in [-0.2, 0) is 14.4 Å². The van der Waals surface area contributed by atoms with E-state index in [1.807, 2.05) is 35.2 Å². The van der Waals surface area contributed by atoms with Gasteiger partial charge in [-0.2, -0.15) is 5.43 Å². The number of anilines is 1. The van der Waals surface area contributed by atoms with Crippen LogP contribution in [0.3, 0.4) is 0 Å². The third-order valence-electron chi connectivity index (χ3n) is 5.24. The first-order valence-electron chi connectivity index (χ1n) is 9.13. The number of hydrogen-bond acceptors (Lipinski definition) is 5. The summed E-state index contributed by atoms with van der Waals surface area (Å²) in [6, 6.07) is 9.90. The van der Waals surface area contributed by atoms with Gasteiger partial charge >= 0.3 is 11.8 Å². The van der Waals surface area contributed by atoms with Crippen LogP contribution in [-0.4, -0.2) is 59.6 Å². The van der Waals surface area contributed by atoms with Crippen molar-refractivity contribution < 1.29 is 14.4 Å². The van der Waals surface area contributed by atoms with E-state index in [1.165, 1.54) is 4.90 Å². The zero-order valence-corrected chi connectivity index (χ0v) is 14.6. The van der Waals surface area contributed by atoms with E-state index in [9.17, 15) is 14.4 Å². The summed E-state index contributed by atoms with van der Waals surface area (Å²) in [5.74, 6) is -1.48. The van der Waals surface area contributed by atoms with Crippen LogP contribution < -0.4 is 15.6 Å². The predicted molar refractivity (Wildman–Crippen MR) is 94.5 cm³/mol. The van der Waals surface area contributed by atoms with Crippen LogP contribution in [0.2, 0.25) is 0 Å². The van der Waals surface area contributed by atoms with Crippen molar-refractivity contribution >= 4 is 23.4 Å². The number of amides is 3. The molecule has 0 aromatic heterocycles. The van der Waals surface area contributed by atoms with Gasteiger partial charge in [-0.15, -0.1) is 0 Å². The van der Waals surface area contributed by atoms with E-state index in [2.05, 4.69) is 10.7 Å². The van der Waals surface area contributed by atoms with Crippen molar-refractivity contribution in [1.82, 2.24) is 20.7 Å². The SMILES string of the molecule is O=C(CN1NC2N(CCN2c2ccccc2)C(=O)C1=O)NC1CCCC1. The van der Waals surface area contributed by atoms with Crippen LogP contribution in [0.1, 0.15) is 25.7 Å². The van der Waals surface area contributed by atoms with Gasteiger partial charge < -0.3 is 10.2 Å². The lowest BCUT2D eigenvalue weighted by molar-refractivity contribution is -0.163. The number of para-hydroxylation sites is 1. The van der Waals surface area contributed by atoms with Gasteiger partial charge in [0.15, 0.2) is 6.29 Å². The fourth-order valence-electron chi connectivity index (χ4n) is 3.91. The van der Waals surface area contributed by atoms with Crippen molar-refractivity contribution in [3.8, 4) is 0 Å². The number of carbonyl (C=O) groups excluding carboxylic acids is 3. The molecule has 0 radical (unpaired) electrons. The Bertz CT molecular complexity index is 704. The second-order valence-corrected chi connectivity index (χ2v) is 6.97. The zero-order valence-electron chi connectivity index (χ0n) is 14.6. The first-order valence-corrected chi connectivity index (χ1v) is 9.13. The van der Waals surface area contributed by atoms with Crippen LogP contribution in [0, 0.1) is 0 Å². The average Bonchev–Trinajstić information content (AvgIpc) is 3.30. The Hall–Kier alpha value is -2.61. The molecule has 3 amide bonds. The lowest BCUT2D eigenvalue weighted by Gasteiger charge is -2.40. The summed E-state index contributed by atoms with van der Waals surface area (Å²) in [5, 5.41) is 4.10. The molecule has 1 aromatic rings. The summed E-state index contributed by atoms with van der Waals surface area (Å²) in [7, 11) is 0. The van der Waals surface area contributed by atoms with Gasteiger partial charge in [0.1, 0.15) is 6.54 Å². The molecule has 1 saturated carbocycles. The van der Waals surface area contributed by atoms with Crippen molar-refractivity contribution in [2.75, 3.05) is 24.5 Å². The molecular formula is C18H23N5O3. The molecule has 0 bridgehead atoms. The van der Waals surface area contributed by atoms with Gasteiger partial charge in [-0.05, 0) is 25.0 Å². The fraction of sp³-hybridized carbons (Fsp3) is 0.500. The summed E-state index contributed by atoms with van der Waals surface area (Å²) < 4.78 is 0. The molecule has 2 aliphatic heterocycles. The molecule has 138 valence electrons. The second kappa shape index (κ2) is 6.95. The Kier molecular flexibility index (Phi) is 4.50. The molecule has 8 heteroatoms. The largest absolute Gasteiger partial charge is 0.352 e. The fourth-order valence-corrected chi connectivity index (χ4v) is 3.91. The molecule has 8 nitrogen and oxygen atoms in total. The monoisotopic (exact) mass is 357 g/mol. The van der Waals surface area contributed by atoms with Gasteiger partial charge in [-0.1, -0.05) is 31.0 Å². The second-order valence-electron chi connectivity index (χ2n) is 6.97. The smallest absolute Gasteiger partial charge is 0.326 e. The molecule has 2 heterocycles. The summed E-state index contributed by atoms with van der Waals surface area (Å²) in [4.78, 5) is 40.6. The summed E-state index contributed by atoms with van der Waals surface area (Å²) in [5.41, 5.74) is 4.02. The standard InChI is InChI=1S/C18H23N5O3/c24-15(19-13-6-4-5-7-13)12-23-17(26)16(25)22-11-10-21(18(22)20-23)14-8-2-1-3-9-14/h1-3,8-9,13,18,20H,4-7,10-12H2,(H,19,24). The van der Waals surface area contributed by atoms with E-state index in [0.29, 0.717) is 13.1 Å². The number of nitrogens with one attached hydrogen (secondary N) is 2. The molecule has 1 aliphatic carbocycles. The highest BCUT2D eigenvalue weighted by molar-refractivity contribution is 6.35. The number of fused-ring (bicyclic) bond motifs is 1. The van der Waals surface area contributed by atoms with Crippen LogP contribution in [0.4, 0.5) is 5.69 Å². The number of rotatable bonds is 4. The van der Waals surface area contributed by atoms with Crippen LogP contribution >= 0.6 is 0 Å². The number of nitrogens with zero attached hydrogens (tertiary/aromatic N) is 3. The molecule has 3 aliphatic rings. The molecule has 1 unspecified atom stereocenters. The third kappa shape index (κ3) is 3.12. The maximum atomic E-state index is 12.5. The maximum absolute atomic E-state index is 12.5. The quantitative estimate of drug-likeness (QED) is 0.743. The van der Waals surface area contributed by atoms with Crippen molar-refractivity contribution in [1.29, 1.82) is 0 Å². The maximum Gasteiger partial charge on any atom is 0.326 e. The molecule has 3 fully saturated rings. The lowest BCUT2D eigenvalue weighted by Crippen LogP contribution is -2.68. The molecule has 4 rings (SSSR count). The highest BCUT2D eigenvalue weighted by atomic mass is 16.2. The van der Waals surface area contributed by atoms with E-state index in [0.717, 1.165) is 36.4 Å². The minimum absolute atomic E-state index is 0.159. The summed E-state index contributed by atoms with van der Waals surface area (Å²) in [6.45, 7) is 0.941. The van der Waals surface area contributed by atoms with Crippen molar-refractivity contribution in [2.45, 2.75) is 38.0 Å². The molecule has 0 spiro atoms. The molecule has 2 N–H and O–H groups in total. The normalized spacial score (nSPS) is 23.5. The van der Waals surface area contributed by atoms with E-state index < -0.39 is 18.1 Å². The van der Waals surface area contributed by atoms with Gasteiger partial charge in [-0.3, -0.25) is 24.3 Å². The number of hydrazine groups is 1. The number of carbonyl (C=O) groups is 3. The molecule has 26 heavy (non-hydrogen) atoms. The highest BCUT2D eigenvalue weighted by Gasteiger charge is 2.45.